The van der Waals surface area contributed by atoms with Crippen LogP contribution in [0.25, 0.3) is 16.7 Å². The summed E-state index contributed by atoms with van der Waals surface area (Å²) in [5.74, 6) is 1.76. The Labute approximate surface area is 205 Å². The van der Waals surface area contributed by atoms with Crippen LogP contribution in [0.2, 0.25) is 0 Å². The number of aryl methyl sites for hydroxylation is 2. The Morgan fingerprint density at radius 1 is 0.943 bits per heavy atom. The fourth-order valence-electron chi connectivity index (χ4n) is 4.48. The molecule has 4 aromatic rings. The number of benzene rings is 2. The number of anilines is 2. The summed E-state index contributed by atoms with van der Waals surface area (Å²) >= 11 is 0. The average Bonchev–Trinajstić information content (AvgIpc) is 3.24. The van der Waals surface area contributed by atoms with Crippen molar-refractivity contribution in [3.05, 3.63) is 72.2 Å². The minimum absolute atomic E-state index is 0.0691. The predicted molar refractivity (Wildman–Crippen MR) is 139 cm³/mol. The van der Waals surface area contributed by atoms with Crippen LogP contribution in [0.5, 0.6) is 0 Å². The first-order valence-electron chi connectivity index (χ1n) is 12.3. The van der Waals surface area contributed by atoms with Gasteiger partial charge in [0, 0.05) is 38.3 Å². The Morgan fingerprint density at radius 2 is 1.63 bits per heavy atom. The van der Waals surface area contributed by atoms with E-state index in [0.29, 0.717) is 26.2 Å². The molecule has 1 saturated heterocycles. The molecule has 2 aromatic heterocycles. The predicted octanol–water partition coefficient (Wildman–Crippen LogP) is 4.82. The molecular weight excluding hydrogens is 438 g/mol. The van der Waals surface area contributed by atoms with Crippen LogP contribution < -0.4 is 10.2 Å². The molecule has 2 aromatic carbocycles. The zero-order valence-corrected chi connectivity index (χ0v) is 20.3. The highest BCUT2D eigenvalue weighted by Gasteiger charge is 2.26. The fourth-order valence-corrected chi connectivity index (χ4v) is 4.48. The van der Waals surface area contributed by atoms with Gasteiger partial charge in [0.2, 0.25) is 0 Å². The molecule has 0 unspecified atom stereocenters. The lowest BCUT2D eigenvalue weighted by Gasteiger charge is -2.35. The van der Waals surface area contributed by atoms with E-state index in [2.05, 4.69) is 17.1 Å². The molecule has 1 fully saturated rings. The largest absolute Gasteiger partial charge is 0.352 e. The number of piperazine rings is 1. The molecule has 1 aliphatic heterocycles. The fraction of sp³-hybridized carbons (Fsp3) is 0.333. The molecule has 5 rings (SSSR count). The normalized spacial score (nSPS) is 13.9. The smallest absolute Gasteiger partial charge is 0.321 e. The Hall–Kier alpha value is -3.94. The van der Waals surface area contributed by atoms with Crippen molar-refractivity contribution < 1.29 is 4.79 Å². The van der Waals surface area contributed by atoms with Crippen LogP contribution in [0, 0.1) is 6.92 Å². The number of aromatic nitrogens is 4. The van der Waals surface area contributed by atoms with E-state index in [1.54, 1.807) is 0 Å². The van der Waals surface area contributed by atoms with Gasteiger partial charge in [-0.2, -0.15) is 5.10 Å². The Balaban J connectivity index is 1.42. The van der Waals surface area contributed by atoms with E-state index in [1.165, 1.54) is 0 Å². The number of carbonyl (C=O) groups excluding carboxylic acids is 1. The molecule has 0 atom stereocenters. The van der Waals surface area contributed by atoms with Crippen molar-refractivity contribution in [2.75, 3.05) is 36.4 Å². The van der Waals surface area contributed by atoms with E-state index >= 15 is 0 Å². The number of hydrogen-bond donors (Lipinski definition) is 1. The van der Waals surface area contributed by atoms with Crippen LogP contribution in [-0.4, -0.2) is 56.9 Å². The number of carbonyl (C=O) groups is 1. The van der Waals surface area contributed by atoms with Crippen molar-refractivity contribution >= 4 is 28.6 Å². The number of para-hydroxylation sites is 2. The van der Waals surface area contributed by atoms with Gasteiger partial charge in [0.1, 0.15) is 11.6 Å². The minimum atomic E-state index is -0.0691. The molecule has 0 spiro atoms. The maximum atomic E-state index is 12.8. The summed E-state index contributed by atoms with van der Waals surface area (Å²) in [6, 6.07) is 19.6. The van der Waals surface area contributed by atoms with Gasteiger partial charge in [0.25, 0.3) is 0 Å². The third kappa shape index (κ3) is 4.82. The molecule has 1 aliphatic rings. The summed E-state index contributed by atoms with van der Waals surface area (Å²) in [5, 5.41) is 8.81. The summed E-state index contributed by atoms with van der Waals surface area (Å²) in [7, 11) is 0. The molecular formula is C27H31N7O. The van der Waals surface area contributed by atoms with Crippen LogP contribution in [0.3, 0.4) is 0 Å². The number of hydrogen-bond acceptors (Lipinski definition) is 5. The molecule has 180 valence electrons. The second kappa shape index (κ2) is 10.1. The van der Waals surface area contributed by atoms with Crippen LogP contribution in [-0.2, 0) is 6.42 Å². The third-order valence-electron chi connectivity index (χ3n) is 6.38. The van der Waals surface area contributed by atoms with Crippen LogP contribution >= 0.6 is 0 Å². The SMILES string of the molecule is CCCCc1nc(N2CCN(C(=O)Nc3ccccc3)CC2)c2c(C)nn(-c3ccccc3)c2n1. The van der Waals surface area contributed by atoms with E-state index in [4.69, 9.17) is 15.1 Å². The van der Waals surface area contributed by atoms with Crippen LogP contribution in [0.15, 0.2) is 60.7 Å². The Kier molecular flexibility index (Phi) is 6.61. The van der Waals surface area contributed by atoms with Crippen molar-refractivity contribution in [2.45, 2.75) is 33.1 Å². The number of unbranched alkanes of at least 4 members (excludes halogenated alkanes) is 1. The van der Waals surface area contributed by atoms with Crippen molar-refractivity contribution in [2.24, 2.45) is 0 Å². The molecule has 1 N–H and O–H groups in total. The van der Waals surface area contributed by atoms with Gasteiger partial charge in [-0.15, -0.1) is 0 Å². The van der Waals surface area contributed by atoms with Gasteiger partial charge in [-0.05, 0) is 37.6 Å². The lowest BCUT2D eigenvalue weighted by atomic mass is 10.2. The lowest BCUT2D eigenvalue weighted by molar-refractivity contribution is 0.208. The van der Waals surface area contributed by atoms with E-state index in [-0.39, 0.29) is 6.03 Å². The first-order chi connectivity index (χ1) is 17.1. The summed E-state index contributed by atoms with van der Waals surface area (Å²) in [6.07, 6.45) is 2.96. The summed E-state index contributed by atoms with van der Waals surface area (Å²) in [5.41, 5.74) is 3.54. The van der Waals surface area contributed by atoms with Crippen LogP contribution in [0.4, 0.5) is 16.3 Å². The second-order valence-electron chi connectivity index (χ2n) is 8.87. The first-order valence-corrected chi connectivity index (χ1v) is 12.3. The lowest BCUT2D eigenvalue weighted by Crippen LogP contribution is -2.50. The van der Waals surface area contributed by atoms with Crippen molar-refractivity contribution in [3.63, 3.8) is 0 Å². The zero-order valence-electron chi connectivity index (χ0n) is 20.3. The molecule has 3 heterocycles. The number of urea groups is 1. The van der Waals surface area contributed by atoms with E-state index in [0.717, 1.165) is 59.0 Å². The second-order valence-corrected chi connectivity index (χ2v) is 8.87. The van der Waals surface area contributed by atoms with E-state index < -0.39 is 0 Å². The molecule has 8 heteroatoms. The van der Waals surface area contributed by atoms with E-state index in [1.807, 2.05) is 77.2 Å². The molecule has 0 aliphatic carbocycles. The van der Waals surface area contributed by atoms with Gasteiger partial charge < -0.3 is 15.1 Å². The third-order valence-corrected chi connectivity index (χ3v) is 6.38. The first kappa shape index (κ1) is 22.8. The number of fused-ring (bicyclic) bond motifs is 1. The number of nitrogens with zero attached hydrogens (tertiary/aromatic N) is 6. The monoisotopic (exact) mass is 469 g/mol. The van der Waals surface area contributed by atoms with Crippen molar-refractivity contribution in [1.82, 2.24) is 24.6 Å². The average molecular weight is 470 g/mol. The minimum Gasteiger partial charge on any atom is -0.352 e. The molecule has 35 heavy (non-hydrogen) atoms. The Bertz CT molecular complexity index is 1300. The van der Waals surface area contributed by atoms with Crippen LogP contribution in [0.1, 0.15) is 31.3 Å². The van der Waals surface area contributed by atoms with Gasteiger partial charge in [-0.1, -0.05) is 49.7 Å². The zero-order chi connectivity index (χ0) is 24.2. The van der Waals surface area contributed by atoms with E-state index in [9.17, 15) is 4.79 Å². The number of amides is 2. The standard InChI is InChI=1S/C27H31N7O/c1-3-4-15-23-29-25(24-20(2)31-34(26(24)30-23)22-13-9-6-10-14-22)32-16-18-33(19-17-32)27(35)28-21-11-7-5-8-12-21/h5-14H,3-4,15-19H2,1-2H3,(H,28,35). The molecule has 0 saturated carbocycles. The molecule has 0 radical (unpaired) electrons. The molecule has 8 nitrogen and oxygen atoms in total. The topological polar surface area (TPSA) is 79.2 Å². The van der Waals surface area contributed by atoms with Crippen molar-refractivity contribution in [1.29, 1.82) is 0 Å². The van der Waals surface area contributed by atoms with Gasteiger partial charge in [-0.25, -0.2) is 19.4 Å². The van der Waals surface area contributed by atoms with Crippen molar-refractivity contribution in [3.8, 4) is 5.69 Å². The molecule has 2 amide bonds. The maximum Gasteiger partial charge on any atom is 0.321 e. The highest BCUT2D eigenvalue weighted by atomic mass is 16.2. The van der Waals surface area contributed by atoms with Gasteiger partial charge >= 0.3 is 6.03 Å². The number of rotatable bonds is 6. The molecule has 0 bridgehead atoms. The van der Waals surface area contributed by atoms with Gasteiger partial charge in [0.15, 0.2) is 5.65 Å². The quantitative estimate of drug-likeness (QED) is 0.438. The van der Waals surface area contributed by atoms with Gasteiger partial charge in [0.05, 0.1) is 16.8 Å². The highest BCUT2D eigenvalue weighted by molar-refractivity contribution is 5.92. The summed E-state index contributed by atoms with van der Waals surface area (Å²) in [4.78, 5) is 26.9. The van der Waals surface area contributed by atoms with Gasteiger partial charge in [-0.3, -0.25) is 0 Å². The summed E-state index contributed by atoms with van der Waals surface area (Å²) in [6.45, 7) is 6.86. The number of nitrogens with one attached hydrogen (secondary N) is 1. The Morgan fingerprint density at radius 3 is 2.31 bits per heavy atom. The summed E-state index contributed by atoms with van der Waals surface area (Å²) < 4.78 is 1.93. The highest BCUT2D eigenvalue weighted by Crippen LogP contribution is 2.30. The maximum absolute atomic E-state index is 12.8.